The van der Waals surface area contributed by atoms with Crippen LogP contribution in [0.15, 0.2) is 0 Å². The van der Waals surface area contributed by atoms with Crippen LogP contribution in [-0.4, -0.2) is 19.8 Å². The summed E-state index contributed by atoms with van der Waals surface area (Å²) in [5.74, 6) is 0. The molecule has 1 rings (SSSR count). The second kappa shape index (κ2) is 2.28. The lowest BCUT2D eigenvalue weighted by Crippen LogP contribution is -2.27. The molecule has 0 bridgehead atoms. The number of nitrogens with one attached hydrogen (secondary N) is 2. The molecule has 1 aliphatic carbocycles. The fraction of sp³-hybridized carbons (Fsp3) is 1.00. The highest BCUT2D eigenvalue weighted by Gasteiger charge is 2.18. The van der Waals surface area contributed by atoms with Crippen molar-refractivity contribution in [3.8, 4) is 0 Å². The number of hydrogen-bond acceptors (Lipinski definition) is 2. The topological polar surface area (TPSA) is 24.1 Å². The highest BCUT2D eigenvalue weighted by molar-refractivity contribution is 4.79. The molecule has 0 aliphatic heterocycles. The average molecular weight is 100 g/mol. The summed E-state index contributed by atoms with van der Waals surface area (Å²) in [7, 11) is 1.95. The van der Waals surface area contributed by atoms with E-state index in [1.165, 1.54) is 12.8 Å². The van der Waals surface area contributed by atoms with Gasteiger partial charge in [0.2, 0.25) is 0 Å². The van der Waals surface area contributed by atoms with Gasteiger partial charge in [-0.15, -0.1) is 0 Å². The second-order valence-electron chi connectivity index (χ2n) is 2.01. The Balaban J connectivity index is 1.80. The third-order valence-electron chi connectivity index (χ3n) is 1.14. The molecule has 0 radical (unpaired) electrons. The SMILES string of the molecule is CNCNC1CC1. The van der Waals surface area contributed by atoms with E-state index in [1.807, 2.05) is 7.05 Å². The van der Waals surface area contributed by atoms with Crippen molar-refractivity contribution < 1.29 is 0 Å². The van der Waals surface area contributed by atoms with Gasteiger partial charge in [-0.3, -0.25) is 0 Å². The van der Waals surface area contributed by atoms with E-state index in [4.69, 9.17) is 0 Å². The van der Waals surface area contributed by atoms with E-state index in [1.54, 1.807) is 0 Å². The van der Waals surface area contributed by atoms with Gasteiger partial charge in [-0.25, -0.2) is 0 Å². The lowest BCUT2D eigenvalue weighted by atomic mass is 10.7. The zero-order valence-corrected chi connectivity index (χ0v) is 4.70. The highest BCUT2D eigenvalue weighted by Crippen LogP contribution is 2.17. The van der Waals surface area contributed by atoms with Crippen LogP contribution in [0, 0.1) is 0 Å². The normalized spacial score (nSPS) is 20.1. The van der Waals surface area contributed by atoms with Gasteiger partial charge in [0.1, 0.15) is 0 Å². The molecule has 2 heteroatoms. The molecule has 2 nitrogen and oxygen atoms in total. The molecular formula is C5H12N2. The summed E-state index contributed by atoms with van der Waals surface area (Å²) in [6, 6.07) is 0.840. The minimum atomic E-state index is 0.840. The zero-order valence-electron chi connectivity index (χ0n) is 4.70. The summed E-state index contributed by atoms with van der Waals surface area (Å²) < 4.78 is 0. The van der Waals surface area contributed by atoms with Crippen LogP contribution in [0.4, 0.5) is 0 Å². The lowest BCUT2D eigenvalue weighted by molar-refractivity contribution is 0.628. The van der Waals surface area contributed by atoms with Crippen LogP contribution >= 0.6 is 0 Å². The Labute approximate surface area is 44.3 Å². The van der Waals surface area contributed by atoms with Crippen LogP contribution in [0.2, 0.25) is 0 Å². The Morgan fingerprint density at radius 1 is 1.57 bits per heavy atom. The fourth-order valence-corrected chi connectivity index (χ4v) is 0.534. The van der Waals surface area contributed by atoms with Crippen LogP contribution < -0.4 is 10.6 Å². The third kappa shape index (κ3) is 1.90. The van der Waals surface area contributed by atoms with Crippen LogP contribution in [0.5, 0.6) is 0 Å². The summed E-state index contributed by atoms with van der Waals surface area (Å²) in [5.41, 5.74) is 0. The molecule has 0 atom stereocenters. The van der Waals surface area contributed by atoms with Crippen LogP contribution in [0.1, 0.15) is 12.8 Å². The third-order valence-corrected chi connectivity index (χ3v) is 1.14. The van der Waals surface area contributed by atoms with E-state index in [0.717, 1.165) is 12.7 Å². The number of rotatable bonds is 3. The molecule has 0 aromatic carbocycles. The summed E-state index contributed by atoms with van der Waals surface area (Å²) in [6.07, 6.45) is 2.75. The summed E-state index contributed by atoms with van der Waals surface area (Å²) in [6.45, 7) is 0.963. The molecule has 0 spiro atoms. The maximum Gasteiger partial charge on any atom is 0.0453 e. The van der Waals surface area contributed by atoms with Gasteiger partial charge in [-0.2, -0.15) is 0 Å². The van der Waals surface area contributed by atoms with Crippen LogP contribution in [-0.2, 0) is 0 Å². The minimum Gasteiger partial charge on any atom is -0.308 e. The van der Waals surface area contributed by atoms with Gasteiger partial charge in [0, 0.05) is 12.7 Å². The van der Waals surface area contributed by atoms with Gasteiger partial charge in [-0.05, 0) is 19.9 Å². The molecule has 0 unspecified atom stereocenters. The molecule has 0 saturated heterocycles. The molecule has 1 aliphatic rings. The molecule has 42 valence electrons. The minimum absolute atomic E-state index is 0.840. The Bertz CT molecular complexity index is 50.0. The maximum atomic E-state index is 3.30. The fourth-order valence-electron chi connectivity index (χ4n) is 0.534. The van der Waals surface area contributed by atoms with Crippen molar-refractivity contribution in [3.05, 3.63) is 0 Å². The van der Waals surface area contributed by atoms with E-state index in [0.29, 0.717) is 0 Å². The first-order chi connectivity index (χ1) is 3.43. The van der Waals surface area contributed by atoms with E-state index < -0.39 is 0 Å². The van der Waals surface area contributed by atoms with Crippen molar-refractivity contribution in [1.82, 2.24) is 10.6 Å². The van der Waals surface area contributed by atoms with Gasteiger partial charge in [-0.1, -0.05) is 0 Å². The van der Waals surface area contributed by atoms with Crippen molar-refractivity contribution in [2.24, 2.45) is 0 Å². The molecule has 1 saturated carbocycles. The van der Waals surface area contributed by atoms with E-state index in [2.05, 4.69) is 10.6 Å². The van der Waals surface area contributed by atoms with Gasteiger partial charge < -0.3 is 10.6 Å². The van der Waals surface area contributed by atoms with E-state index in [-0.39, 0.29) is 0 Å². The lowest BCUT2D eigenvalue weighted by Gasteiger charge is -1.96. The molecule has 7 heavy (non-hydrogen) atoms. The Morgan fingerprint density at radius 3 is 2.71 bits per heavy atom. The van der Waals surface area contributed by atoms with E-state index in [9.17, 15) is 0 Å². The highest BCUT2D eigenvalue weighted by atomic mass is 15.1. The van der Waals surface area contributed by atoms with E-state index >= 15 is 0 Å². The van der Waals surface area contributed by atoms with Gasteiger partial charge in [0.15, 0.2) is 0 Å². The molecular weight excluding hydrogens is 88.1 g/mol. The predicted molar refractivity (Wildman–Crippen MR) is 30.1 cm³/mol. The maximum absolute atomic E-state index is 3.30. The standard InChI is InChI=1S/C5H12N2/c1-6-4-7-5-2-3-5/h5-7H,2-4H2,1H3. The van der Waals surface area contributed by atoms with Crippen molar-refractivity contribution in [3.63, 3.8) is 0 Å². The molecule has 0 amide bonds. The first-order valence-electron chi connectivity index (χ1n) is 2.81. The Kier molecular flexibility index (Phi) is 1.65. The van der Waals surface area contributed by atoms with Crippen molar-refractivity contribution >= 4 is 0 Å². The molecule has 0 aromatic rings. The van der Waals surface area contributed by atoms with Crippen LogP contribution in [0.25, 0.3) is 0 Å². The van der Waals surface area contributed by atoms with Gasteiger partial charge >= 0.3 is 0 Å². The molecule has 1 fully saturated rings. The van der Waals surface area contributed by atoms with Crippen molar-refractivity contribution in [2.75, 3.05) is 13.7 Å². The van der Waals surface area contributed by atoms with Gasteiger partial charge in [0.05, 0.1) is 0 Å². The second-order valence-corrected chi connectivity index (χ2v) is 2.01. The number of hydrogen-bond donors (Lipinski definition) is 2. The average Bonchev–Trinajstić information content (AvgIpc) is 2.42. The summed E-state index contributed by atoms with van der Waals surface area (Å²) >= 11 is 0. The summed E-state index contributed by atoms with van der Waals surface area (Å²) in [4.78, 5) is 0. The first-order valence-corrected chi connectivity index (χ1v) is 2.81. The smallest absolute Gasteiger partial charge is 0.0453 e. The summed E-state index contributed by atoms with van der Waals surface area (Å²) in [5, 5.41) is 6.32. The van der Waals surface area contributed by atoms with Gasteiger partial charge in [0.25, 0.3) is 0 Å². The first kappa shape index (κ1) is 5.06. The molecule has 0 heterocycles. The van der Waals surface area contributed by atoms with Crippen molar-refractivity contribution in [2.45, 2.75) is 18.9 Å². The Hall–Kier alpha value is -0.0800. The predicted octanol–water partition coefficient (Wildman–Crippen LogP) is -0.0847. The molecule has 0 aromatic heterocycles. The zero-order chi connectivity index (χ0) is 5.11. The monoisotopic (exact) mass is 100 g/mol. The van der Waals surface area contributed by atoms with Crippen LogP contribution in [0.3, 0.4) is 0 Å². The molecule has 2 N–H and O–H groups in total. The Morgan fingerprint density at radius 2 is 2.29 bits per heavy atom. The largest absolute Gasteiger partial charge is 0.308 e. The van der Waals surface area contributed by atoms with Crippen molar-refractivity contribution in [1.29, 1.82) is 0 Å². The quantitative estimate of drug-likeness (QED) is 0.484.